The van der Waals surface area contributed by atoms with Gasteiger partial charge in [-0.05, 0) is 24.3 Å². The van der Waals surface area contributed by atoms with Crippen molar-refractivity contribution in [2.45, 2.75) is 6.54 Å². The number of aromatic nitrogens is 2. The molecular formula is C18H17N3O6. The molecule has 0 unspecified atom stereocenters. The van der Waals surface area contributed by atoms with Crippen LogP contribution in [0.15, 0.2) is 56.8 Å². The van der Waals surface area contributed by atoms with Crippen LogP contribution in [-0.2, 0) is 6.54 Å². The van der Waals surface area contributed by atoms with Gasteiger partial charge in [0.2, 0.25) is 0 Å². The van der Waals surface area contributed by atoms with Gasteiger partial charge < -0.3 is 24.2 Å². The fraction of sp³-hybridized carbons (Fsp3) is 0.167. The van der Waals surface area contributed by atoms with Crippen LogP contribution in [0.5, 0.6) is 11.5 Å². The number of carbonyl (C=O) groups is 1. The van der Waals surface area contributed by atoms with Crippen LogP contribution in [0.1, 0.15) is 16.1 Å². The van der Waals surface area contributed by atoms with E-state index in [9.17, 15) is 14.4 Å². The highest BCUT2D eigenvalue weighted by atomic mass is 16.5. The zero-order valence-corrected chi connectivity index (χ0v) is 14.6. The Kier molecular flexibility index (Phi) is 5.11. The van der Waals surface area contributed by atoms with Crippen molar-refractivity contribution in [3.05, 3.63) is 75.0 Å². The van der Waals surface area contributed by atoms with E-state index in [1.807, 2.05) is 0 Å². The summed E-state index contributed by atoms with van der Waals surface area (Å²) in [6, 6.07) is 8.09. The molecule has 0 aliphatic carbocycles. The summed E-state index contributed by atoms with van der Waals surface area (Å²) in [4.78, 5) is 39.5. The maximum absolute atomic E-state index is 12.6. The molecule has 140 valence electrons. The highest BCUT2D eigenvalue weighted by molar-refractivity contribution is 6.04. The van der Waals surface area contributed by atoms with Gasteiger partial charge in [-0.25, -0.2) is 4.79 Å². The second kappa shape index (κ2) is 7.65. The molecule has 27 heavy (non-hydrogen) atoms. The molecule has 2 heterocycles. The Morgan fingerprint density at radius 1 is 1.22 bits per heavy atom. The molecular weight excluding hydrogens is 354 g/mol. The first-order valence-corrected chi connectivity index (χ1v) is 7.91. The number of anilines is 1. The lowest BCUT2D eigenvalue weighted by atomic mass is 10.2. The number of hydrogen-bond donors (Lipinski definition) is 2. The van der Waals surface area contributed by atoms with Crippen molar-refractivity contribution in [3.8, 4) is 11.5 Å². The van der Waals surface area contributed by atoms with Gasteiger partial charge in [-0.3, -0.25) is 14.2 Å². The largest absolute Gasteiger partial charge is 0.497 e. The quantitative estimate of drug-likeness (QED) is 0.678. The number of carbonyl (C=O) groups excluding carboxylic acids is 1. The molecule has 9 heteroatoms. The fourth-order valence-electron chi connectivity index (χ4n) is 2.47. The van der Waals surface area contributed by atoms with Gasteiger partial charge in [0.15, 0.2) is 0 Å². The number of aromatic amines is 1. The van der Waals surface area contributed by atoms with Gasteiger partial charge >= 0.3 is 5.69 Å². The number of nitrogens with zero attached hydrogens (tertiary/aromatic N) is 1. The average Bonchev–Trinajstić information content (AvgIpc) is 3.18. The molecule has 0 saturated heterocycles. The van der Waals surface area contributed by atoms with E-state index >= 15 is 0 Å². The van der Waals surface area contributed by atoms with Crippen LogP contribution >= 0.6 is 0 Å². The van der Waals surface area contributed by atoms with Crippen molar-refractivity contribution < 1.29 is 18.7 Å². The molecule has 0 aliphatic heterocycles. The van der Waals surface area contributed by atoms with E-state index in [0.29, 0.717) is 22.9 Å². The zero-order valence-electron chi connectivity index (χ0n) is 14.6. The third kappa shape index (κ3) is 3.76. The maximum Gasteiger partial charge on any atom is 0.328 e. The van der Waals surface area contributed by atoms with Crippen LogP contribution in [0.4, 0.5) is 5.69 Å². The van der Waals surface area contributed by atoms with E-state index < -0.39 is 17.2 Å². The van der Waals surface area contributed by atoms with Crippen molar-refractivity contribution in [2.24, 2.45) is 0 Å². The number of nitrogens with one attached hydrogen (secondary N) is 2. The van der Waals surface area contributed by atoms with Crippen LogP contribution < -0.4 is 26.0 Å². The Morgan fingerprint density at radius 2 is 2.04 bits per heavy atom. The van der Waals surface area contributed by atoms with E-state index in [-0.39, 0.29) is 12.1 Å². The first-order valence-electron chi connectivity index (χ1n) is 7.91. The summed E-state index contributed by atoms with van der Waals surface area (Å²) in [5.74, 6) is 0.641. The number of methoxy groups -OCH3 is 2. The molecule has 0 fully saturated rings. The minimum atomic E-state index is -0.736. The summed E-state index contributed by atoms with van der Waals surface area (Å²) < 4.78 is 16.4. The Bertz CT molecular complexity index is 1070. The second-order valence-electron chi connectivity index (χ2n) is 5.50. The third-order valence-electron chi connectivity index (χ3n) is 3.86. The Hall–Kier alpha value is -3.75. The number of rotatable bonds is 6. The normalized spacial score (nSPS) is 10.4. The van der Waals surface area contributed by atoms with Crippen molar-refractivity contribution in [1.29, 1.82) is 0 Å². The highest BCUT2D eigenvalue weighted by Crippen LogP contribution is 2.29. The summed E-state index contributed by atoms with van der Waals surface area (Å²) in [6.45, 7) is -0.0891. The number of benzene rings is 1. The summed E-state index contributed by atoms with van der Waals surface area (Å²) in [7, 11) is 2.95. The fourth-order valence-corrected chi connectivity index (χ4v) is 2.47. The summed E-state index contributed by atoms with van der Waals surface area (Å²) in [6.07, 6.45) is 2.51. The molecule has 0 bridgehead atoms. The van der Waals surface area contributed by atoms with Gasteiger partial charge in [0.05, 0.1) is 32.7 Å². The van der Waals surface area contributed by atoms with E-state index in [1.165, 1.54) is 20.5 Å². The molecule has 0 radical (unpaired) electrons. The van der Waals surface area contributed by atoms with E-state index in [1.54, 1.807) is 30.3 Å². The Balaban J connectivity index is 1.92. The summed E-state index contributed by atoms with van der Waals surface area (Å²) in [5, 5.41) is 2.60. The molecule has 1 amide bonds. The first-order chi connectivity index (χ1) is 13.0. The van der Waals surface area contributed by atoms with Crippen LogP contribution in [0, 0.1) is 0 Å². The Labute approximate surface area is 153 Å². The predicted octanol–water partition coefficient (Wildman–Crippen LogP) is 1.45. The number of H-pyrrole nitrogens is 1. The lowest BCUT2D eigenvalue weighted by Crippen LogP contribution is -2.39. The molecule has 0 saturated carbocycles. The highest BCUT2D eigenvalue weighted by Gasteiger charge is 2.17. The van der Waals surface area contributed by atoms with E-state index in [0.717, 1.165) is 10.8 Å². The maximum atomic E-state index is 12.6. The summed E-state index contributed by atoms with van der Waals surface area (Å²) >= 11 is 0. The number of amides is 1. The standard InChI is InChI=1S/C18H17N3O6/c1-25-11-5-6-14(15(8-11)26-2)20-16(22)13-9-19-18(24)21(17(13)23)10-12-4-3-7-27-12/h3-9H,10H2,1-2H3,(H,19,24)(H,20,22). The minimum absolute atomic E-state index is 0.0891. The first kappa shape index (κ1) is 18.1. The monoisotopic (exact) mass is 371 g/mol. The van der Waals surface area contributed by atoms with E-state index in [2.05, 4.69) is 10.3 Å². The molecule has 0 atom stereocenters. The lowest BCUT2D eigenvalue weighted by Gasteiger charge is -2.12. The number of hydrogen-bond acceptors (Lipinski definition) is 6. The predicted molar refractivity (Wildman–Crippen MR) is 96.6 cm³/mol. The minimum Gasteiger partial charge on any atom is -0.497 e. The van der Waals surface area contributed by atoms with Crippen LogP contribution in [0.2, 0.25) is 0 Å². The number of furan rings is 1. The topological polar surface area (TPSA) is 116 Å². The molecule has 0 aliphatic rings. The van der Waals surface area contributed by atoms with Gasteiger partial charge in [0.25, 0.3) is 11.5 Å². The van der Waals surface area contributed by atoms with Crippen molar-refractivity contribution in [3.63, 3.8) is 0 Å². The molecule has 2 N–H and O–H groups in total. The van der Waals surface area contributed by atoms with Crippen molar-refractivity contribution >= 4 is 11.6 Å². The van der Waals surface area contributed by atoms with Gasteiger partial charge in [0, 0.05) is 12.3 Å². The smallest absolute Gasteiger partial charge is 0.328 e. The average molecular weight is 371 g/mol. The molecule has 3 aromatic rings. The van der Waals surface area contributed by atoms with Crippen LogP contribution in [0.3, 0.4) is 0 Å². The summed E-state index contributed by atoms with van der Waals surface area (Å²) in [5.41, 5.74) is -1.25. The molecule has 1 aromatic carbocycles. The molecule has 3 rings (SSSR count). The van der Waals surface area contributed by atoms with Crippen LogP contribution in [0.25, 0.3) is 0 Å². The van der Waals surface area contributed by atoms with Gasteiger partial charge in [0.1, 0.15) is 22.8 Å². The van der Waals surface area contributed by atoms with Gasteiger partial charge in [-0.1, -0.05) is 0 Å². The molecule has 9 nitrogen and oxygen atoms in total. The second-order valence-corrected chi connectivity index (χ2v) is 5.50. The molecule has 2 aromatic heterocycles. The van der Waals surface area contributed by atoms with Crippen molar-refractivity contribution in [2.75, 3.05) is 19.5 Å². The van der Waals surface area contributed by atoms with Gasteiger partial charge in [-0.2, -0.15) is 0 Å². The zero-order chi connectivity index (χ0) is 19.4. The van der Waals surface area contributed by atoms with Crippen molar-refractivity contribution in [1.82, 2.24) is 9.55 Å². The third-order valence-corrected chi connectivity index (χ3v) is 3.86. The van der Waals surface area contributed by atoms with E-state index in [4.69, 9.17) is 13.9 Å². The SMILES string of the molecule is COc1ccc(NC(=O)c2c[nH]c(=O)n(Cc3ccco3)c2=O)c(OC)c1. The number of ether oxygens (including phenoxy) is 2. The van der Waals surface area contributed by atoms with Crippen LogP contribution in [-0.4, -0.2) is 29.7 Å². The van der Waals surface area contributed by atoms with Gasteiger partial charge in [-0.15, -0.1) is 0 Å². The Morgan fingerprint density at radius 3 is 2.70 bits per heavy atom. The molecule has 0 spiro atoms. The lowest BCUT2D eigenvalue weighted by molar-refractivity contribution is 0.102.